The number of aryl methyl sites for hydroxylation is 2. The Bertz CT molecular complexity index is 1130. The lowest BCUT2D eigenvalue weighted by molar-refractivity contribution is 0.297. The molecular weight excluding hydrogens is 380 g/mol. The SMILES string of the molecule is Cc1ccc(-c2ccc(CCO)c(-c3ccc(C)cc3)c2OCc2ccccc2)cc1. The van der Waals surface area contributed by atoms with E-state index in [1.165, 1.54) is 11.1 Å². The molecule has 0 fully saturated rings. The minimum absolute atomic E-state index is 0.0981. The van der Waals surface area contributed by atoms with E-state index in [1.807, 2.05) is 18.2 Å². The van der Waals surface area contributed by atoms with Crippen molar-refractivity contribution in [2.75, 3.05) is 6.61 Å². The van der Waals surface area contributed by atoms with Gasteiger partial charge in [-0.05, 0) is 42.5 Å². The fourth-order valence-electron chi connectivity index (χ4n) is 3.83. The molecule has 0 saturated carbocycles. The van der Waals surface area contributed by atoms with Gasteiger partial charge >= 0.3 is 0 Å². The van der Waals surface area contributed by atoms with Crippen molar-refractivity contribution in [2.24, 2.45) is 0 Å². The standard InChI is InChI=1S/C29H28O2/c1-21-8-12-24(13-9-21)27-17-16-26(18-19-30)28(25-14-10-22(2)11-15-25)29(27)31-20-23-6-4-3-5-7-23/h3-17,30H,18-20H2,1-2H3. The van der Waals surface area contributed by atoms with E-state index >= 15 is 0 Å². The van der Waals surface area contributed by atoms with E-state index in [4.69, 9.17) is 4.74 Å². The predicted molar refractivity (Wildman–Crippen MR) is 128 cm³/mol. The lowest BCUT2D eigenvalue weighted by atomic mass is 9.91. The molecule has 0 amide bonds. The molecule has 0 aromatic heterocycles. The van der Waals surface area contributed by atoms with Crippen molar-refractivity contribution in [3.63, 3.8) is 0 Å². The summed E-state index contributed by atoms with van der Waals surface area (Å²) >= 11 is 0. The molecule has 0 atom stereocenters. The highest BCUT2D eigenvalue weighted by Crippen LogP contribution is 2.42. The van der Waals surface area contributed by atoms with E-state index in [0.717, 1.165) is 39.1 Å². The molecular formula is C29H28O2. The van der Waals surface area contributed by atoms with Gasteiger partial charge in [-0.2, -0.15) is 0 Å². The number of hydrogen-bond donors (Lipinski definition) is 1. The third-order valence-corrected chi connectivity index (χ3v) is 5.55. The number of benzene rings is 4. The Labute approximate surface area is 184 Å². The normalized spacial score (nSPS) is 10.8. The topological polar surface area (TPSA) is 29.5 Å². The largest absolute Gasteiger partial charge is 0.488 e. The average Bonchev–Trinajstić information content (AvgIpc) is 2.80. The van der Waals surface area contributed by atoms with Gasteiger partial charge in [0.05, 0.1) is 0 Å². The lowest BCUT2D eigenvalue weighted by Gasteiger charge is -2.20. The van der Waals surface area contributed by atoms with Gasteiger partial charge in [-0.25, -0.2) is 0 Å². The van der Waals surface area contributed by atoms with E-state index in [0.29, 0.717) is 13.0 Å². The quantitative estimate of drug-likeness (QED) is 0.366. The fraction of sp³-hybridized carbons (Fsp3) is 0.172. The van der Waals surface area contributed by atoms with Gasteiger partial charge < -0.3 is 9.84 Å². The highest BCUT2D eigenvalue weighted by molar-refractivity contribution is 5.85. The van der Waals surface area contributed by atoms with Gasteiger partial charge in [0.1, 0.15) is 12.4 Å². The average molecular weight is 409 g/mol. The number of aliphatic hydroxyl groups excluding tert-OH is 1. The molecule has 4 rings (SSSR count). The monoisotopic (exact) mass is 408 g/mol. The zero-order chi connectivity index (χ0) is 21.6. The van der Waals surface area contributed by atoms with Crippen LogP contribution < -0.4 is 4.74 Å². The Hall–Kier alpha value is -3.36. The van der Waals surface area contributed by atoms with Crippen LogP contribution in [0.2, 0.25) is 0 Å². The van der Waals surface area contributed by atoms with Gasteiger partial charge in [-0.3, -0.25) is 0 Å². The summed E-state index contributed by atoms with van der Waals surface area (Å²) in [5.74, 6) is 0.863. The van der Waals surface area contributed by atoms with Crippen LogP contribution in [0.1, 0.15) is 22.3 Å². The summed E-state index contributed by atoms with van der Waals surface area (Å²) in [5, 5.41) is 9.71. The van der Waals surface area contributed by atoms with Crippen molar-refractivity contribution >= 4 is 0 Å². The summed E-state index contributed by atoms with van der Waals surface area (Å²) in [5.41, 5.74) is 9.00. The van der Waals surface area contributed by atoms with E-state index in [2.05, 4.69) is 86.6 Å². The maximum atomic E-state index is 9.71. The van der Waals surface area contributed by atoms with Gasteiger partial charge in [0.15, 0.2) is 0 Å². The van der Waals surface area contributed by atoms with Gasteiger partial charge in [0.2, 0.25) is 0 Å². The Morgan fingerprint density at radius 1 is 0.677 bits per heavy atom. The first kappa shape index (κ1) is 20.9. The maximum absolute atomic E-state index is 9.71. The molecule has 31 heavy (non-hydrogen) atoms. The van der Waals surface area contributed by atoms with Crippen LogP contribution >= 0.6 is 0 Å². The van der Waals surface area contributed by atoms with Crippen molar-refractivity contribution in [3.8, 4) is 28.0 Å². The summed E-state index contributed by atoms with van der Waals surface area (Å²) in [4.78, 5) is 0. The minimum Gasteiger partial charge on any atom is -0.488 e. The van der Waals surface area contributed by atoms with Crippen LogP contribution in [0, 0.1) is 13.8 Å². The predicted octanol–water partition coefficient (Wildman–Crippen LogP) is 6.75. The van der Waals surface area contributed by atoms with E-state index < -0.39 is 0 Å². The van der Waals surface area contributed by atoms with Crippen molar-refractivity contribution in [1.82, 2.24) is 0 Å². The summed E-state index contributed by atoms with van der Waals surface area (Å²) in [6.45, 7) is 4.77. The fourth-order valence-corrected chi connectivity index (χ4v) is 3.83. The zero-order valence-corrected chi connectivity index (χ0v) is 18.1. The maximum Gasteiger partial charge on any atom is 0.135 e. The molecule has 0 saturated heterocycles. The van der Waals surface area contributed by atoms with Crippen LogP contribution in [0.15, 0.2) is 91.0 Å². The van der Waals surface area contributed by atoms with E-state index in [9.17, 15) is 5.11 Å². The van der Waals surface area contributed by atoms with Crippen LogP contribution in [0.25, 0.3) is 22.3 Å². The van der Waals surface area contributed by atoms with Crippen molar-refractivity contribution in [1.29, 1.82) is 0 Å². The third kappa shape index (κ3) is 4.87. The van der Waals surface area contributed by atoms with Gasteiger partial charge in [0, 0.05) is 17.7 Å². The number of hydrogen-bond acceptors (Lipinski definition) is 2. The third-order valence-electron chi connectivity index (χ3n) is 5.55. The van der Waals surface area contributed by atoms with Crippen LogP contribution in [0.4, 0.5) is 0 Å². The first-order valence-corrected chi connectivity index (χ1v) is 10.7. The molecule has 0 heterocycles. The summed E-state index contributed by atoms with van der Waals surface area (Å²) in [6, 6.07) is 31.5. The molecule has 0 unspecified atom stereocenters. The number of ether oxygens (including phenoxy) is 1. The highest BCUT2D eigenvalue weighted by Gasteiger charge is 2.18. The van der Waals surface area contributed by atoms with Crippen LogP contribution in [-0.4, -0.2) is 11.7 Å². The van der Waals surface area contributed by atoms with Crippen molar-refractivity contribution in [2.45, 2.75) is 26.9 Å². The molecule has 156 valence electrons. The highest BCUT2D eigenvalue weighted by atomic mass is 16.5. The Morgan fingerprint density at radius 2 is 1.29 bits per heavy atom. The van der Waals surface area contributed by atoms with Gasteiger partial charge in [0.25, 0.3) is 0 Å². The lowest BCUT2D eigenvalue weighted by Crippen LogP contribution is -2.03. The molecule has 2 nitrogen and oxygen atoms in total. The minimum atomic E-state index is 0.0981. The van der Waals surface area contributed by atoms with E-state index in [1.54, 1.807) is 0 Å². The summed E-state index contributed by atoms with van der Waals surface area (Å²) in [6.07, 6.45) is 0.582. The van der Waals surface area contributed by atoms with E-state index in [-0.39, 0.29) is 6.61 Å². The molecule has 1 N–H and O–H groups in total. The molecule has 0 spiro atoms. The molecule has 2 heteroatoms. The number of aliphatic hydroxyl groups is 1. The Kier molecular flexibility index (Phi) is 6.49. The Balaban J connectivity index is 1.88. The molecule has 0 radical (unpaired) electrons. The zero-order valence-electron chi connectivity index (χ0n) is 18.1. The first-order chi connectivity index (χ1) is 15.2. The molecule has 0 aliphatic rings. The molecule has 0 aliphatic heterocycles. The van der Waals surface area contributed by atoms with Crippen LogP contribution in [0.3, 0.4) is 0 Å². The molecule has 0 aliphatic carbocycles. The van der Waals surface area contributed by atoms with Gasteiger partial charge in [-0.15, -0.1) is 0 Å². The van der Waals surface area contributed by atoms with Crippen molar-refractivity contribution < 1.29 is 9.84 Å². The van der Waals surface area contributed by atoms with Crippen LogP contribution in [-0.2, 0) is 13.0 Å². The Morgan fingerprint density at radius 3 is 1.90 bits per heavy atom. The van der Waals surface area contributed by atoms with Crippen molar-refractivity contribution in [3.05, 3.63) is 113 Å². The second kappa shape index (κ2) is 9.63. The first-order valence-electron chi connectivity index (χ1n) is 10.7. The van der Waals surface area contributed by atoms with Gasteiger partial charge in [-0.1, -0.05) is 102 Å². The molecule has 4 aromatic rings. The molecule has 0 bridgehead atoms. The smallest absolute Gasteiger partial charge is 0.135 e. The number of rotatable bonds is 7. The van der Waals surface area contributed by atoms with Crippen LogP contribution in [0.5, 0.6) is 5.75 Å². The second-order valence-corrected chi connectivity index (χ2v) is 7.96. The summed E-state index contributed by atoms with van der Waals surface area (Å²) in [7, 11) is 0. The molecule has 4 aromatic carbocycles. The second-order valence-electron chi connectivity index (χ2n) is 7.96. The summed E-state index contributed by atoms with van der Waals surface area (Å²) < 4.78 is 6.53.